The molecule has 0 aromatic heterocycles. The number of amides is 1. The minimum absolute atomic E-state index is 0.0306. The van der Waals surface area contributed by atoms with Crippen LogP contribution in [0.4, 0.5) is 5.69 Å². The number of hydrogen-bond acceptors (Lipinski definition) is 3. The average Bonchev–Trinajstić information content (AvgIpc) is 2.26. The van der Waals surface area contributed by atoms with Crippen LogP contribution in [0.5, 0.6) is 0 Å². The summed E-state index contributed by atoms with van der Waals surface area (Å²) in [4.78, 5) is 24.1. The smallest absolute Gasteiger partial charge is 0.272 e. The van der Waals surface area contributed by atoms with Crippen molar-refractivity contribution in [2.24, 2.45) is 0 Å². The van der Waals surface area contributed by atoms with Gasteiger partial charge in [-0.1, -0.05) is 22.9 Å². The van der Waals surface area contributed by atoms with Crippen molar-refractivity contribution in [1.29, 1.82) is 0 Å². The second kappa shape index (κ2) is 5.95. The first kappa shape index (κ1) is 14.6. The summed E-state index contributed by atoms with van der Waals surface area (Å²) in [5, 5.41) is 10.7. The summed E-state index contributed by atoms with van der Waals surface area (Å²) in [5.74, 6) is -0.140. The minimum atomic E-state index is -0.451. The van der Waals surface area contributed by atoms with Crippen LogP contribution in [-0.2, 0) is 0 Å². The quantitative estimate of drug-likeness (QED) is 0.487. The summed E-state index contributed by atoms with van der Waals surface area (Å²) in [6.07, 6.45) is 0. The molecule has 0 aliphatic rings. The molecule has 1 rings (SSSR count). The van der Waals surface area contributed by atoms with Crippen LogP contribution in [0.1, 0.15) is 22.8 Å². The van der Waals surface area contributed by atoms with Crippen LogP contribution in [0.25, 0.3) is 0 Å². The molecule has 0 spiro atoms. The molecule has 1 atom stereocenters. The fraction of sp³-hybridized carbons (Fsp3) is 0.417. The van der Waals surface area contributed by atoms with Crippen LogP contribution in [-0.4, -0.2) is 34.2 Å². The van der Waals surface area contributed by atoms with Gasteiger partial charge in [-0.25, -0.2) is 0 Å². The highest BCUT2D eigenvalue weighted by Crippen LogP contribution is 2.19. The van der Waals surface area contributed by atoms with Crippen molar-refractivity contribution >= 4 is 27.5 Å². The number of hydrogen-bond donors (Lipinski definition) is 0. The zero-order valence-electron chi connectivity index (χ0n) is 10.5. The molecule has 5 nitrogen and oxygen atoms in total. The highest BCUT2D eigenvalue weighted by molar-refractivity contribution is 9.09. The van der Waals surface area contributed by atoms with Crippen LogP contribution in [0, 0.1) is 17.0 Å². The van der Waals surface area contributed by atoms with Gasteiger partial charge in [0.2, 0.25) is 0 Å². The molecule has 1 unspecified atom stereocenters. The Hall–Kier alpha value is -1.43. The van der Waals surface area contributed by atoms with Crippen molar-refractivity contribution in [2.75, 3.05) is 13.6 Å². The van der Waals surface area contributed by atoms with Gasteiger partial charge in [0.25, 0.3) is 11.6 Å². The van der Waals surface area contributed by atoms with Gasteiger partial charge in [0.1, 0.15) is 0 Å². The Morgan fingerprint density at radius 3 is 2.61 bits per heavy atom. The van der Waals surface area contributed by atoms with Gasteiger partial charge in [0.15, 0.2) is 0 Å². The molecule has 0 saturated carbocycles. The molecule has 1 aromatic rings. The Morgan fingerprint density at radius 1 is 1.56 bits per heavy atom. The second-order valence-corrected chi connectivity index (χ2v) is 5.79. The van der Waals surface area contributed by atoms with Crippen molar-refractivity contribution in [1.82, 2.24) is 4.90 Å². The lowest BCUT2D eigenvalue weighted by molar-refractivity contribution is -0.385. The van der Waals surface area contributed by atoms with E-state index in [1.54, 1.807) is 24.9 Å². The predicted octanol–water partition coefficient (Wildman–Crippen LogP) is 2.76. The summed E-state index contributed by atoms with van der Waals surface area (Å²) < 4.78 is 0. The molecule has 0 fully saturated rings. The van der Waals surface area contributed by atoms with Crippen molar-refractivity contribution in [3.8, 4) is 0 Å². The van der Waals surface area contributed by atoms with E-state index in [0.717, 1.165) is 0 Å². The maximum atomic E-state index is 12.0. The SMILES string of the molecule is Cc1cc(C(=O)N(C)CC(C)Br)ccc1[N+](=O)[O-]. The maximum Gasteiger partial charge on any atom is 0.272 e. The van der Waals surface area contributed by atoms with E-state index in [1.807, 2.05) is 6.92 Å². The highest BCUT2D eigenvalue weighted by atomic mass is 79.9. The summed E-state index contributed by atoms with van der Waals surface area (Å²) in [6, 6.07) is 4.41. The number of benzene rings is 1. The molecular formula is C12H15BrN2O3. The minimum Gasteiger partial charge on any atom is -0.341 e. The molecule has 0 heterocycles. The molecule has 6 heteroatoms. The first-order valence-corrected chi connectivity index (χ1v) is 6.39. The average molecular weight is 315 g/mol. The van der Waals surface area contributed by atoms with E-state index in [0.29, 0.717) is 17.7 Å². The van der Waals surface area contributed by atoms with Gasteiger partial charge in [-0.15, -0.1) is 0 Å². The van der Waals surface area contributed by atoms with Crippen molar-refractivity contribution in [2.45, 2.75) is 18.7 Å². The Bertz CT molecular complexity index is 474. The first-order valence-electron chi connectivity index (χ1n) is 5.47. The van der Waals surface area contributed by atoms with Gasteiger partial charge in [0.05, 0.1) is 4.92 Å². The molecule has 18 heavy (non-hydrogen) atoms. The number of nitro groups is 1. The molecule has 98 valence electrons. The lowest BCUT2D eigenvalue weighted by Crippen LogP contribution is -2.31. The van der Waals surface area contributed by atoms with E-state index in [1.165, 1.54) is 12.1 Å². The topological polar surface area (TPSA) is 63.5 Å². The first-order chi connectivity index (χ1) is 8.32. The monoisotopic (exact) mass is 314 g/mol. The molecule has 1 amide bonds. The van der Waals surface area contributed by atoms with Gasteiger partial charge in [0, 0.05) is 35.6 Å². The Kier molecular flexibility index (Phi) is 4.84. The maximum absolute atomic E-state index is 12.0. The number of halogens is 1. The fourth-order valence-corrected chi connectivity index (χ4v) is 2.11. The Balaban J connectivity index is 2.94. The summed E-state index contributed by atoms with van der Waals surface area (Å²) in [6.45, 7) is 4.15. The van der Waals surface area contributed by atoms with Crippen LogP contribution in [0.2, 0.25) is 0 Å². The third-order valence-electron chi connectivity index (χ3n) is 2.51. The third-order valence-corrected chi connectivity index (χ3v) is 2.80. The highest BCUT2D eigenvalue weighted by Gasteiger charge is 2.17. The van der Waals surface area contributed by atoms with E-state index in [4.69, 9.17) is 0 Å². The van der Waals surface area contributed by atoms with E-state index in [-0.39, 0.29) is 16.4 Å². The molecule has 0 bridgehead atoms. The zero-order chi connectivity index (χ0) is 13.9. The van der Waals surface area contributed by atoms with E-state index >= 15 is 0 Å². The summed E-state index contributed by atoms with van der Waals surface area (Å²) in [5.41, 5.74) is 0.989. The summed E-state index contributed by atoms with van der Waals surface area (Å²) in [7, 11) is 1.71. The van der Waals surface area contributed by atoms with Gasteiger partial charge in [-0.3, -0.25) is 14.9 Å². The number of rotatable bonds is 4. The van der Waals surface area contributed by atoms with Crippen molar-refractivity contribution < 1.29 is 9.72 Å². The fourth-order valence-electron chi connectivity index (χ4n) is 1.67. The predicted molar refractivity (Wildman–Crippen MR) is 73.2 cm³/mol. The van der Waals surface area contributed by atoms with E-state index < -0.39 is 4.92 Å². The number of aryl methyl sites for hydroxylation is 1. The van der Waals surface area contributed by atoms with Gasteiger partial charge >= 0.3 is 0 Å². The number of carbonyl (C=O) groups is 1. The van der Waals surface area contributed by atoms with Gasteiger partial charge in [-0.05, 0) is 19.1 Å². The molecule has 0 N–H and O–H groups in total. The number of carbonyl (C=O) groups excluding carboxylic acids is 1. The standard InChI is InChI=1S/C12H15BrN2O3/c1-8-6-10(4-5-11(8)15(17)18)12(16)14(3)7-9(2)13/h4-6,9H,7H2,1-3H3. The lowest BCUT2D eigenvalue weighted by atomic mass is 10.1. The van der Waals surface area contributed by atoms with Crippen molar-refractivity contribution in [3.05, 3.63) is 39.4 Å². The number of alkyl halides is 1. The van der Waals surface area contributed by atoms with Crippen LogP contribution in [0.3, 0.4) is 0 Å². The zero-order valence-corrected chi connectivity index (χ0v) is 12.1. The van der Waals surface area contributed by atoms with Crippen LogP contribution >= 0.6 is 15.9 Å². The molecular weight excluding hydrogens is 300 g/mol. The number of nitro benzene ring substituents is 1. The molecule has 0 radical (unpaired) electrons. The molecule has 0 aliphatic carbocycles. The van der Waals surface area contributed by atoms with Gasteiger partial charge in [-0.2, -0.15) is 0 Å². The Labute approximate surface area is 114 Å². The lowest BCUT2D eigenvalue weighted by Gasteiger charge is -2.18. The molecule has 0 saturated heterocycles. The third kappa shape index (κ3) is 3.53. The van der Waals surface area contributed by atoms with Crippen LogP contribution < -0.4 is 0 Å². The van der Waals surface area contributed by atoms with Gasteiger partial charge < -0.3 is 4.90 Å². The van der Waals surface area contributed by atoms with Crippen molar-refractivity contribution in [3.63, 3.8) is 0 Å². The largest absolute Gasteiger partial charge is 0.341 e. The molecule has 1 aromatic carbocycles. The van der Waals surface area contributed by atoms with E-state index in [9.17, 15) is 14.9 Å². The normalized spacial score (nSPS) is 12.0. The number of nitrogens with zero attached hydrogens (tertiary/aromatic N) is 2. The second-order valence-electron chi connectivity index (χ2n) is 4.22. The van der Waals surface area contributed by atoms with E-state index in [2.05, 4.69) is 15.9 Å². The molecule has 0 aliphatic heterocycles. The summed E-state index contributed by atoms with van der Waals surface area (Å²) >= 11 is 3.38. The van der Waals surface area contributed by atoms with Crippen LogP contribution in [0.15, 0.2) is 18.2 Å². The Morgan fingerprint density at radius 2 is 2.17 bits per heavy atom.